The number of phenolic OH excluding ortho intramolecular Hbond substituents is 1. The van der Waals surface area contributed by atoms with E-state index in [0.717, 1.165) is 44.3 Å². The summed E-state index contributed by atoms with van der Waals surface area (Å²) in [4.78, 5) is 17.5. The van der Waals surface area contributed by atoms with Gasteiger partial charge in [-0.25, -0.2) is 0 Å². The van der Waals surface area contributed by atoms with Crippen molar-refractivity contribution in [3.63, 3.8) is 0 Å². The van der Waals surface area contributed by atoms with E-state index >= 15 is 0 Å². The Bertz CT molecular complexity index is 1340. The van der Waals surface area contributed by atoms with Crippen molar-refractivity contribution in [2.45, 2.75) is 55.6 Å². The van der Waals surface area contributed by atoms with Gasteiger partial charge in [-0.3, -0.25) is 9.69 Å². The molecule has 0 aromatic heterocycles. The van der Waals surface area contributed by atoms with Gasteiger partial charge in [-0.15, -0.1) is 19.8 Å². The van der Waals surface area contributed by atoms with Gasteiger partial charge >= 0.3 is 6.36 Å². The van der Waals surface area contributed by atoms with Crippen molar-refractivity contribution in [3.05, 3.63) is 71.8 Å². The molecule has 39 heavy (non-hydrogen) atoms. The summed E-state index contributed by atoms with van der Waals surface area (Å²) in [5.41, 5.74) is 2.46. The Balaban J connectivity index is 1.28. The molecule has 2 aliphatic carbocycles. The lowest BCUT2D eigenvalue weighted by atomic mass is 9.51. The molecule has 2 aliphatic heterocycles. The second kappa shape index (κ2) is 9.33. The third-order valence-electron chi connectivity index (χ3n) is 9.12. The minimum atomic E-state index is -4.79. The van der Waals surface area contributed by atoms with E-state index in [1.165, 1.54) is 35.9 Å². The number of ether oxygens (including phenoxy) is 2. The minimum Gasteiger partial charge on any atom is -0.504 e. The third-order valence-corrected chi connectivity index (χ3v) is 9.12. The average Bonchev–Trinajstić information content (AvgIpc) is 3.24. The summed E-state index contributed by atoms with van der Waals surface area (Å²) < 4.78 is 48.4. The lowest BCUT2D eigenvalue weighted by Crippen LogP contribution is -2.68. The van der Waals surface area contributed by atoms with E-state index in [0.29, 0.717) is 23.3 Å². The summed E-state index contributed by atoms with van der Waals surface area (Å²) >= 11 is 0. The quantitative estimate of drug-likeness (QED) is 0.410. The van der Waals surface area contributed by atoms with E-state index in [9.17, 15) is 23.1 Å². The first-order valence-electron chi connectivity index (χ1n) is 13.3. The molecule has 1 saturated heterocycles. The van der Waals surface area contributed by atoms with Gasteiger partial charge in [0.1, 0.15) is 11.9 Å². The first kappa shape index (κ1) is 25.8. The molecule has 0 unspecified atom stereocenters. The van der Waals surface area contributed by atoms with Crippen LogP contribution in [0.25, 0.3) is 6.08 Å². The summed E-state index contributed by atoms with van der Waals surface area (Å²) in [5, 5.41) is 10.8. The zero-order valence-corrected chi connectivity index (χ0v) is 21.7. The van der Waals surface area contributed by atoms with Gasteiger partial charge in [0.25, 0.3) is 0 Å². The monoisotopic (exact) mass is 540 g/mol. The molecule has 206 valence electrons. The Kier molecular flexibility index (Phi) is 6.17. The van der Waals surface area contributed by atoms with Crippen molar-refractivity contribution in [1.82, 2.24) is 9.80 Å². The van der Waals surface area contributed by atoms with E-state index < -0.39 is 6.36 Å². The Morgan fingerprint density at radius 3 is 2.90 bits per heavy atom. The van der Waals surface area contributed by atoms with E-state index in [1.807, 2.05) is 12.1 Å². The van der Waals surface area contributed by atoms with Crippen LogP contribution in [-0.2, 0) is 16.6 Å². The van der Waals surface area contributed by atoms with E-state index in [4.69, 9.17) is 4.74 Å². The number of carbonyl (C=O) groups is 1. The summed E-state index contributed by atoms with van der Waals surface area (Å²) in [6.07, 6.45) is 3.19. The van der Waals surface area contributed by atoms with Crippen molar-refractivity contribution in [2.75, 3.05) is 20.1 Å². The van der Waals surface area contributed by atoms with Crippen molar-refractivity contribution in [1.29, 1.82) is 0 Å². The molecule has 1 saturated carbocycles. The van der Waals surface area contributed by atoms with Crippen molar-refractivity contribution >= 4 is 12.0 Å². The van der Waals surface area contributed by atoms with Gasteiger partial charge < -0.3 is 19.5 Å². The van der Waals surface area contributed by atoms with Crippen LogP contribution in [0.3, 0.4) is 0 Å². The van der Waals surface area contributed by atoms with Crippen LogP contribution < -0.4 is 9.47 Å². The topological polar surface area (TPSA) is 62.2 Å². The van der Waals surface area contributed by atoms with Crippen LogP contribution in [0.4, 0.5) is 13.2 Å². The molecule has 6 rings (SSSR count). The Labute approximate surface area is 225 Å². The number of likely N-dealkylation sites (tertiary alicyclic amines) is 1. The number of hydrogen-bond acceptors (Lipinski definition) is 5. The molecule has 6 nitrogen and oxygen atoms in total. The predicted molar refractivity (Wildman–Crippen MR) is 140 cm³/mol. The number of alkyl halides is 3. The lowest BCUT2D eigenvalue weighted by Gasteiger charge is -2.60. The zero-order chi connectivity index (χ0) is 27.5. The van der Waals surface area contributed by atoms with Crippen LogP contribution in [-0.4, -0.2) is 65.5 Å². The minimum absolute atomic E-state index is 0.136. The van der Waals surface area contributed by atoms with Crippen LogP contribution in [0, 0.1) is 5.92 Å². The largest absolute Gasteiger partial charge is 0.573 e. The molecule has 1 N–H and O–H groups in total. The van der Waals surface area contributed by atoms with Gasteiger partial charge in [0.2, 0.25) is 5.91 Å². The van der Waals surface area contributed by atoms with E-state index in [2.05, 4.69) is 16.2 Å². The number of piperidine rings is 1. The Morgan fingerprint density at radius 2 is 2.13 bits per heavy atom. The fourth-order valence-corrected chi connectivity index (χ4v) is 7.65. The van der Waals surface area contributed by atoms with Gasteiger partial charge in [0.05, 0.1) is 6.04 Å². The standard InChI is InChI=1S/C30H31F3N2O4/c1-3-14-35-15-13-29-21-9-10-22(28(29)38-27-24(36)11-8-19(26(27)29)17-23(21)35)34(2)25(37)12-7-18-5-4-6-20(16-18)39-30(31,32)33/h3-8,11-12,16,21-23,28,36H,1,9-10,13-15,17H2,2H3/t21-,22+,23+,28-,29-/m0/s1. The number of hydrogen-bond donors (Lipinski definition) is 1. The smallest absolute Gasteiger partial charge is 0.504 e. The summed E-state index contributed by atoms with van der Waals surface area (Å²) in [7, 11) is 1.75. The molecule has 0 radical (unpaired) electrons. The highest BCUT2D eigenvalue weighted by molar-refractivity contribution is 5.92. The maximum Gasteiger partial charge on any atom is 0.573 e. The summed E-state index contributed by atoms with van der Waals surface area (Å²) in [5.74, 6) is 0.431. The first-order valence-corrected chi connectivity index (χ1v) is 13.3. The highest BCUT2D eigenvalue weighted by atomic mass is 19.4. The van der Waals surface area contributed by atoms with E-state index in [-0.39, 0.29) is 35.0 Å². The van der Waals surface area contributed by atoms with E-state index in [1.54, 1.807) is 24.1 Å². The predicted octanol–water partition coefficient (Wildman–Crippen LogP) is 5.06. The van der Waals surface area contributed by atoms with Crippen molar-refractivity contribution in [2.24, 2.45) is 5.92 Å². The van der Waals surface area contributed by atoms with Crippen LogP contribution in [0.1, 0.15) is 36.0 Å². The normalized spacial score (nSPS) is 29.0. The average molecular weight is 541 g/mol. The van der Waals surface area contributed by atoms with Crippen molar-refractivity contribution in [3.8, 4) is 17.2 Å². The van der Waals surface area contributed by atoms with Gasteiger partial charge in [-0.05, 0) is 73.5 Å². The summed E-state index contributed by atoms with van der Waals surface area (Å²) in [6.45, 7) is 5.67. The molecular formula is C30H31F3N2O4. The lowest BCUT2D eigenvalue weighted by molar-refractivity contribution is -0.274. The fourth-order valence-electron chi connectivity index (χ4n) is 7.65. The molecule has 2 aromatic rings. The number of halogens is 3. The third kappa shape index (κ3) is 4.18. The number of nitrogens with zero attached hydrogens (tertiary/aromatic N) is 2. The number of phenols is 1. The number of amides is 1. The maximum atomic E-state index is 13.3. The molecule has 2 aromatic carbocycles. The highest BCUT2D eigenvalue weighted by Crippen LogP contribution is 2.64. The molecule has 5 atom stereocenters. The molecule has 9 heteroatoms. The van der Waals surface area contributed by atoms with Crippen molar-refractivity contribution < 1.29 is 32.5 Å². The molecule has 1 spiro atoms. The summed E-state index contributed by atoms with van der Waals surface area (Å²) in [6, 6.07) is 9.36. The first-order chi connectivity index (χ1) is 18.6. The maximum absolute atomic E-state index is 13.3. The zero-order valence-electron chi connectivity index (χ0n) is 21.7. The molecule has 2 fully saturated rings. The Morgan fingerprint density at radius 1 is 1.31 bits per heavy atom. The number of benzene rings is 2. The van der Waals surface area contributed by atoms with Gasteiger partial charge in [-0.2, -0.15) is 0 Å². The fraction of sp³-hybridized carbons (Fsp3) is 0.433. The number of rotatable bonds is 6. The van der Waals surface area contributed by atoms with Gasteiger partial charge in [0.15, 0.2) is 11.5 Å². The number of carbonyl (C=O) groups excluding carboxylic acids is 1. The van der Waals surface area contributed by atoms with Crippen LogP contribution in [0.15, 0.2) is 55.1 Å². The van der Waals surface area contributed by atoms with Crippen LogP contribution in [0.2, 0.25) is 0 Å². The highest BCUT2D eigenvalue weighted by Gasteiger charge is 2.66. The number of likely N-dealkylation sites (N-methyl/N-ethyl adjacent to an activating group) is 1. The molecule has 4 aliphatic rings. The molecule has 2 heterocycles. The SMILES string of the molecule is C=CCN1CC[C@]23c4c5ccc(O)c4O[C@H]2[C@H](N(C)C(=O)C=Cc2cccc(OC(F)(F)F)c2)CC[C@H]3[C@H]1C5. The Hall–Kier alpha value is -3.46. The van der Waals surface area contributed by atoms with Crippen LogP contribution in [0.5, 0.6) is 17.2 Å². The second-order valence-corrected chi connectivity index (χ2v) is 11.0. The van der Waals surface area contributed by atoms with Gasteiger partial charge in [-0.1, -0.05) is 24.3 Å². The second-order valence-electron chi connectivity index (χ2n) is 11.0. The molecule has 2 bridgehead atoms. The number of aromatic hydroxyl groups is 1. The molecule has 1 amide bonds. The molecular weight excluding hydrogens is 509 g/mol. The van der Waals surface area contributed by atoms with Gasteiger partial charge in [0, 0.05) is 36.7 Å². The van der Waals surface area contributed by atoms with Crippen LogP contribution >= 0.6 is 0 Å².